The minimum absolute atomic E-state index is 0.0291. The van der Waals surface area contributed by atoms with Gasteiger partial charge in [-0.25, -0.2) is 8.78 Å². The van der Waals surface area contributed by atoms with Gasteiger partial charge in [0.2, 0.25) is 0 Å². The van der Waals surface area contributed by atoms with E-state index < -0.39 is 11.6 Å². The molecule has 0 aliphatic heterocycles. The van der Waals surface area contributed by atoms with E-state index in [0.29, 0.717) is 17.0 Å². The van der Waals surface area contributed by atoms with E-state index in [1.807, 2.05) is 12.1 Å². The molecule has 2 atom stereocenters. The summed E-state index contributed by atoms with van der Waals surface area (Å²) in [6, 6.07) is 3.85. The highest BCUT2D eigenvalue weighted by atomic mass is 19.2. The minimum atomic E-state index is -0.572. The van der Waals surface area contributed by atoms with Crippen molar-refractivity contribution in [3.63, 3.8) is 0 Å². The molecule has 2 saturated carbocycles. The molecule has 0 N–H and O–H groups in total. The Morgan fingerprint density at radius 3 is 1.55 bits per heavy atom. The highest BCUT2D eigenvalue weighted by Gasteiger charge is 2.28. The van der Waals surface area contributed by atoms with Gasteiger partial charge in [0.1, 0.15) is 0 Å². The SMILES string of the molecule is CCCCCCCC1C=CC(c2ccc(C3CCC(CCCCC4CCC(CCCCC)CC4)CC3)c(F)c2F)CC1. The molecule has 0 bridgehead atoms. The van der Waals surface area contributed by atoms with Crippen molar-refractivity contribution in [3.8, 4) is 0 Å². The Morgan fingerprint density at radius 1 is 0.500 bits per heavy atom. The molecule has 2 unspecified atom stereocenters. The van der Waals surface area contributed by atoms with Gasteiger partial charge < -0.3 is 0 Å². The Hall–Kier alpha value is -1.18. The monoisotopic (exact) mass is 582 g/mol. The molecular weight excluding hydrogens is 518 g/mol. The highest BCUT2D eigenvalue weighted by molar-refractivity contribution is 5.34. The van der Waals surface area contributed by atoms with E-state index in [0.717, 1.165) is 43.4 Å². The van der Waals surface area contributed by atoms with Crippen LogP contribution >= 0.6 is 0 Å². The van der Waals surface area contributed by atoms with E-state index >= 15 is 8.78 Å². The van der Waals surface area contributed by atoms with Crippen LogP contribution in [0, 0.1) is 35.3 Å². The summed E-state index contributed by atoms with van der Waals surface area (Å²) in [6.07, 6.45) is 35.8. The molecule has 4 rings (SSSR count). The summed E-state index contributed by atoms with van der Waals surface area (Å²) in [7, 11) is 0. The summed E-state index contributed by atoms with van der Waals surface area (Å²) in [5.41, 5.74) is 1.22. The third-order valence-corrected chi connectivity index (χ3v) is 11.6. The molecule has 1 aromatic carbocycles. The van der Waals surface area contributed by atoms with Crippen LogP contribution in [0.2, 0.25) is 0 Å². The molecule has 0 heterocycles. The van der Waals surface area contributed by atoms with Gasteiger partial charge in [0, 0.05) is 5.92 Å². The summed E-state index contributed by atoms with van der Waals surface area (Å²) in [5.74, 6) is 2.50. The van der Waals surface area contributed by atoms with E-state index in [9.17, 15) is 0 Å². The molecule has 0 spiro atoms. The molecule has 3 aliphatic rings. The van der Waals surface area contributed by atoms with Crippen molar-refractivity contribution in [1.82, 2.24) is 0 Å². The largest absolute Gasteiger partial charge is 0.203 e. The third-order valence-electron chi connectivity index (χ3n) is 11.6. The first-order valence-electron chi connectivity index (χ1n) is 18.7. The fourth-order valence-electron chi connectivity index (χ4n) is 8.69. The van der Waals surface area contributed by atoms with Gasteiger partial charge in [-0.2, -0.15) is 0 Å². The summed E-state index contributed by atoms with van der Waals surface area (Å²) < 4.78 is 30.7. The van der Waals surface area contributed by atoms with Gasteiger partial charge in [0.25, 0.3) is 0 Å². The average molecular weight is 583 g/mol. The molecule has 0 aromatic heterocycles. The smallest absolute Gasteiger partial charge is 0.162 e. The summed E-state index contributed by atoms with van der Waals surface area (Å²) in [4.78, 5) is 0. The van der Waals surface area contributed by atoms with Crippen LogP contribution in [0.3, 0.4) is 0 Å². The van der Waals surface area contributed by atoms with Crippen molar-refractivity contribution in [2.45, 2.75) is 180 Å². The summed E-state index contributed by atoms with van der Waals surface area (Å²) in [5, 5.41) is 0. The van der Waals surface area contributed by atoms with Crippen molar-refractivity contribution in [2.24, 2.45) is 23.7 Å². The van der Waals surface area contributed by atoms with Crippen molar-refractivity contribution in [1.29, 1.82) is 0 Å². The second kappa shape index (κ2) is 18.6. The van der Waals surface area contributed by atoms with Crippen LogP contribution in [0.4, 0.5) is 8.78 Å². The number of unbranched alkanes of at least 4 members (excludes halogenated alkanes) is 7. The van der Waals surface area contributed by atoms with E-state index in [4.69, 9.17) is 0 Å². The van der Waals surface area contributed by atoms with Crippen LogP contribution in [0.5, 0.6) is 0 Å². The quantitative estimate of drug-likeness (QED) is 0.127. The van der Waals surface area contributed by atoms with Crippen molar-refractivity contribution in [3.05, 3.63) is 47.0 Å². The Labute approximate surface area is 258 Å². The Morgan fingerprint density at radius 2 is 0.976 bits per heavy atom. The Balaban J connectivity index is 1.13. The molecule has 238 valence electrons. The first-order chi connectivity index (χ1) is 20.6. The predicted octanol–water partition coefficient (Wildman–Crippen LogP) is 13.6. The Kier molecular flexibility index (Phi) is 14.9. The molecule has 2 heteroatoms. The number of benzene rings is 1. The van der Waals surface area contributed by atoms with E-state index in [1.54, 1.807) is 0 Å². The second-order valence-electron chi connectivity index (χ2n) is 14.8. The zero-order chi connectivity index (χ0) is 29.6. The molecule has 0 saturated heterocycles. The number of halogens is 2. The Bertz CT molecular complexity index is 902. The first kappa shape index (κ1) is 33.7. The van der Waals surface area contributed by atoms with Crippen LogP contribution in [0.25, 0.3) is 0 Å². The maximum atomic E-state index is 15.4. The molecule has 2 fully saturated rings. The first-order valence-corrected chi connectivity index (χ1v) is 18.7. The van der Waals surface area contributed by atoms with Gasteiger partial charge in [-0.1, -0.05) is 147 Å². The summed E-state index contributed by atoms with van der Waals surface area (Å²) in [6.45, 7) is 4.56. The van der Waals surface area contributed by atoms with E-state index in [1.165, 1.54) is 128 Å². The zero-order valence-electron chi connectivity index (χ0n) is 27.5. The van der Waals surface area contributed by atoms with Gasteiger partial charge in [0.05, 0.1) is 0 Å². The lowest BCUT2D eigenvalue weighted by atomic mass is 9.75. The average Bonchev–Trinajstić information content (AvgIpc) is 3.02. The molecule has 3 aliphatic carbocycles. The lowest BCUT2D eigenvalue weighted by Crippen LogP contribution is -2.16. The van der Waals surface area contributed by atoms with Crippen molar-refractivity contribution >= 4 is 0 Å². The number of hydrogen-bond acceptors (Lipinski definition) is 0. The van der Waals surface area contributed by atoms with Gasteiger partial charge in [0.15, 0.2) is 11.6 Å². The summed E-state index contributed by atoms with van der Waals surface area (Å²) >= 11 is 0. The fourth-order valence-corrected chi connectivity index (χ4v) is 8.69. The van der Waals surface area contributed by atoms with E-state index in [2.05, 4.69) is 26.0 Å². The molecule has 0 amide bonds. The zero-order valence-corrected chi connectivity index (χ0v) is 27.5. The topological polar surface area (TPSA) is 0 Å². The third kappa shape index (κ3) is 10.5. The molecule has 42 heavy (non-hydrogen) atoms. The normalized spacial score (nSPS) is 28.3. The van der Waals surface area contributed by atoms with Gasteiger partial charge in [-0.3, -0.25) is 0 Å². The second-order valence-corrected chi connectivity index (χ2v) is 14.8. The standard InChI is InChI=1S/C40H64F2/c1-3-5-7-8-10-14-33-21-25-35(26-22-33)37-29-30-38(40(42)39(37)41)36-27-23-34(24-28-36)16-12-11-15-32-19-17-31(18-20-32)13-9-6-4-2/h21,25,29-36H,3-20,22-24,26-28H2,1-2H3. The van der Waals surface area contributed by atoms with Gasteiger partial charge in [-0.05, 0) is 85.7 Å². The van der Waals surface area contributed by atoms with E-state index in [-0.39, 0.29) is 11.8 Å². The lowest BCUT2D eigenvalue weighted by Gasteiger charge is -2.30. The maximum Gasteiger partial charge on any atom is 0.162 e. The molecule has 0 nitrogen and oxygen atoms in total. The lowest BCUT2D eigenvalue weighted by molar-refractivity contribution is 0.240. The minimum Gasteiger partial charge on any atom is -0.203 e. The highest BCUT2D eigenvalue weighted by Crippen LogP contribution is 2.42. The van der Waals surface area contributed by atoms with Crippen LogP contribution in [0.1, 0.15) is 191 Å². The van der Waals surface area contributed by atoms with Crippen LogP contribution in [0.15, 0.2) is 24.3 Å². The number of rotatable bonds is 17. The number of hydrogen-bond donors (Lipinski definition) is 0. The molecule has 1 aromatic rings. The van der Waals surface area contributed by atoms with Gasteiger partial charge >= 0.3 is 0 Å². The van der Waals surface area contributed by atoms with Crippen molar-refractivity contribution < 1.29 is 8.78 Å². The van der Waals surface area contributed by atoms with Crippen LogP contribution in [-0.2, 0) is 0 Å². The predicted molar refractivity (Wildman–Crippen MR) is 177 cm³/mol. The van der Waals surface area contributed by atoms with Crippen LogP contribution < -0.4 is 0 Å². The van der Waals surface area contributed by atoms with Gasteiger partial charge in [-0.15, -0.1) is 0 Å². The molecule has 0 radical (unpaired) electrons. The maximum absolute atomic E-state index is 15.4. The fraction of sp³-hybridized carbons (Fsp3) is 0.800. The molecular formula is C40H64F2. The van der Waals surface area contributed by atoms with Crippen LogP contribution in [-0.4, -0.2) is 0 Å². The number of allylic oxidation sites excluding steroid dienone is 2. The van der Waals surface area contributed by atoms with Crippen molar-refractivity contribution in [2.75, 3.05) is 0 Å².